The van der Waals surface area contributed by atoms with Crippen LogP contribution in [-0.4, -0.2) is 15.6 Å². The van der Waals surface area contributed by atoms with Gasteiger partial charge in [0.1, 0.15) is 5.56 Å². The van der Waals surface area contributed by atoms with Crippen molar-refractivity contribution in [3.63, 3.8) is 0 Å². The molecular formula is C15H15NO3. The minimum Gasteiger partial charge on any atom is -0.477 e. The fourth-order valence-electron chi connectivity index (χ4n) is 1.59. The van der Waals surface area contributed by atoms with E-state index in [1.165, 1.54) is 16.8 Å². The number of pyridine rings is 1. The summed E-state index contributed by atoms with van der Waals surface area (Å²) in [6.45, 7) is 8.71. The number of carbonyl (C=O) groups is 1. The molecule has 1 aromatic heterocycles. The Morgan fingerprint density at radius 1 is 1.37 bits per heavy atom. The third-order valence-corrected chi connectivity index (χ3v) is 2.48. The smallest absolute Gasteiger partial charge is 0.341 e. The average molecular weight is 257 g/mol. The van der Waals surface area contributed by atoms with Crippen LogP contribution in [0.4, 0.5) is 0 Å². The van der Waals surface area contributed by atoms with Crippen LogP contribution in [0.1, 0.15) is 15.9 Å². The fourth-order valence-corrected chi connectivity index (χ4v) is 1.59. The Labute approximate surface area is 111 Å². The molecular weight excluding hydrogens is 242 g/mol. The van der Waals surface area contributed by atoms with Crippen molar-refractivity contribution in [2.45, 2.75) is 6.92 Å². The molecule has 0 atom stereocenters. The molecule has 0 amide bonds. The summed E-state index contributed by atoms with van der Waals surface area (Å²) in [5.74, 6) is -1.23. The first-order chi connectivity index (χ1) is 9.02. The predicted octanol–water partition coefficient (Wildman–Crippen LogP) is 2.62. The Kier molecular flexibility index (Phi) is 4.83. The van der Waals surface area contributed by atoms with Gasteiger partial charge in [0.2, 0.25) is 0 Å². The van der Waals surface area contributed by atoms with Crippen molar-refractivity contribution < 1.29 is 9.90 Å². The largest absolute Gasteiger partial charge is 0.477 e. The van der Waals surface area contributed by atoms with Gasteiger partial charge in [0, 0.05) is 11.9 Å². The molecule has 0 saturated heterocycles. The van der Waals surface area contributed by atoms with Gasteiger partial charge in [0.05, 0.1) is 0 Å². The van der Waals surface area contributed by atoms with Crippen LogP contribution in [0, 0.1) is 6.92 Å². The van der Waals surface area contributed by atoms with E-state index in [4.69, 9.17) is 5.11 Å². The number of aromatic nitrogens is 1. The second-order valence-corrected chi connectivity index (χ2v) is 3.78. The van der Waals surface area contributed by atoms with E-state index in [0.29, 0.717) is 11.3 Å². The summed E-state index contributed by atoms with van der Waals surface area (Å²) in [5, 5.41) is 9.07. The molecule has 4 nitrogen and oxygen atoms in total. The molecule has 19 heavy (non-hydrogen) atoms. The molecule has 0 aliphatic heterocycles. The number of carboxylic acid groups (broad SMARTS) is 1. The molecule has 0 saturated carbocycles. The lowest BCUT2D eigenvalue weighted by Crippen LogP contribution is -2.26. The van der Waals surface area contributed by atoms with Crippen molar-refractivity contribution in [3.8, 4) is 0 Å². The number of aryl methyl sites for hydroxylation is 1. The van der Waals surface area contributed by atoms with Gasteiger partial charge < -0.3 is 5.11 Å². The van der Waals surface area contributed by atoms with Crippen molar-refractivity contribution >= 4 is 11.7 Å². The summed E-state index contributed by atoms with van der Waals surface area (Å²) in [6, 6.07) is 1.59. The first-order valence-corrected chi connectivity index (χ1v) is 5.60. The first-order valence-electron chi connectivity index (χ1n) is 5.60. The highest BCUT2D eigenvalue weighted by atomic mass is 16.4. The summed E-state index contributed by atoms with van der Waals surface area (Å²) in [6.07, 6.45) is 9.54. The van der Waals surface area contributed by atoms with Crippen LogP contribution in [0.3, 0.4) is 0 Å². The second kappa shape index (κ2) is 6.35. The van der Waals surface area contributed by atoms with Gasteiger partial charge in [-0.2, -0.15) is 0 Å². The zero-order valence-corrected chi connectivity index (χ0v) is 10.7. The normalized spacial score (nSPS) is 11.5. The van der Waals surface area contributed by atoms with Crippen molar-refractivity contribution in [1.82, 2.24) is 4.57 Å². The van der Waals surface area contributed by atoms with Crippen LogP contribution in [-0.2, 0) is 0 Å². The maximum absolute atomic E-state index is 12.2. The van der Waals surface area contributed by atoms with Gasteiger partial charge in [-0.1, -0.05) is 31.4 Å². The molecule has 1 aromatic rings. The monoisotopic (exact) mass is 257 g/mol. The van der Waals surface area contributed by atoms with Gasteiger partial charge in [-0.3, -0.25) is 9.36 Å². The Balaban J connectivity index is 3.54. The van der Waals surface area contributed by atoms with Crippen LogP contribution < -0.4 is 5.56 Å². The van der Waals surface area contributed by atoms with E-state index in [1.807, 2.05) is 0 Å². The lowest BCUT2D eigenvalue weighted by molar-refractivity contribution is 0.0694. The minimum absolute atomic E-state index is 0.232. The summed E-state index contributed by atoms with van der Waals surface area (Å²) < 4.78 is 1.26. The number of hydrogen-bond donors (Lipinski definition) is 1. The molecule has 0 fully saturated rings. The zero-order chi connectivity index (χ0) is 14.4. The number of allylic oxidation sites excluding steroid dienone is 6. The zero-order valence-electron chi connectivity index (χ0n) is 10.7. The number of hydrogen-bond acceptors (Lipinski definition) is 2. The number of aromatic carboxylic acids is 1. The van der Waals surface area contributed by atoms with E-state index in [0.717, 1.165) is 0 Å². The van der Waals surface area contributed by atoms with E-state index in [2.05, 4.69) is 13.2 Å². The first kappa shape index (κ1) is 14.4. The van der Waals surface area contributed by atoms with Gasteiger partial charge in [-0.25, -0.2) is 4.79 Å². The molecule has 0 spiro atoms. The molecule has 0 aliphatic rings. The molecule has 0 unspecified atom stereocenters. The minimum atomic E-state index is -1.23. The van der Waals surface area contributed by atoms with E-state index in [1.54, 1.807) is 37.3 Å². The van der Waals surface area contributed by atoms with Gasteiger partial charge in [0.15, 0.2) is 0 Å². The quantitative estimate of drug-likeness (QED) is 0.825. The summed E-state index contributed by atoms with van der Waals surface area (Å²) in [5.41, 5.74) is 0.139. The SMILES string of the molecule is C=C/C=C\C(=C/C=C)n1ccc(C)c(C(=O)O)c1=O. The third-order valence-electron chi connectivity index (χ3n) is 2.48. The van der Waals surface area contributed by atoms with Crippen LogP contribution in [0.15, 0.2) is 60.6 Å². The van der Waals surface area contributed by atoms with Gasteiger partial charge in [0.25, 0.3) is 5.56 Å². The van der Waals surface area contributed by atoms with Crippen molar-refractivity contribution in [1.29, 1.82) is 0 Å². The molecule has 1 rings (SSSR count). The van der Waals surface area contributed by atoms with Crippen molar-refractivity contribution in [3.05, 3.63) is 77.3 Å². The van der Waals surface area contributed by atoms with Gasteiger partial charge in [-0.05, 0) is 30.7 Å². The summed E-state index contributed by atoms with van der Waals surface area (Å²) in [7, 11) is 0. The standard InChI is InChI=1S/C15H15NO3/c1-4-6-8-12(7-5-2)16-10-9-11(3)13(14(16)17)15(18)19/h4-10H,1-2H2,3H3,(H,18,19)/b8-6-,12-7+. The highest BCUT2D eigenvalue weighted by Crippen LogP contribution is 2.08. The number of carboxylic acids is 1. The van der Waals surface area contributed by atoms with Crippen LogP contribution >= 0.6 is 0 Å². The van der Waals surface area contributed by atoms with E-state index in [9.17, 15) is 9.59 Å². The van der Waals surface area contributed by atoms with Crippen LogP contribution in [0.25, 0.3) is 5.70 Å². The molecule has 0 radical (unpaired) electrons. The fraction of sp³-hybridized carbons (Fsp3) is 0.0667. The molecule has 0 bridgehead atoms. The van der Waals surface area contributed by atoms with Gasteiger partial charge in [-0.15, -0.1) is 0 Å². The summed E-state index contributed by atoms with van der Waals surface area (Å²) in [4.78, 5) is 23.3. The topological polar surface area (TPSA) is 59.3 Å². The van der Waals surface area contributed by atoms with Crippen LogP contribution in [0.5, 0.6) is 0 Å². The van der Waals surface area contributed by atoms with Crippen molar-refractivity contribution in [2.75, 3.05) is 0 Å². The molecule has 4 heteroatoms. The molecule has 1 heterocycles. The van der Waals surface area contributed by atoms with Crippen molar-refractivity contribution in [2.24, 2.45) is 0 Å². The Morgan fingerprint density at radius 3 is 2.58 bits per heavy atom. The van der Waals surface area contributed by atoms with Gasteiger partial charge >= 0.3 is 5.97 Å². The van der Waals surface area contributed by atoms with Crippen LogP contribution in [0.2, 0.25) is 0 Å². The predicted molar refractivity (Wildman–Crippen MR) is 76.2 cm³/mol. The second-order valence-electron chi connectivity index (χ2n) is 3.78. The third kappa shape index (κ3) is 3.19. The lowest BCUT2D eigenvalue weighted by atomic mass is 10.1. The van der Waals surface area contributed by atoms with E-state index >= 15 is 0 Å². The summed E-state index contributed by atoms with van der Waals surface area (Å²) >= 11 is 0. The average Bonchev–Trinajstić information content (AvgIpc) is 2.35. The molecule has 1 N–H and O–H groups in total. The lowest BCUT2D eigenvalue weighted by Gasteiger charge is -2.09. The Bertz CT molecular complexity index is 633. The maximum Gasteiger partial charge on any atom is 0.341 e. The highest BCUT2D eigenvalue weighted by molar-refractivity contribution is 5.89. The number of rotatable bonds is 5. The highest BCUT2D eigenvalue weighted by Gasteiger charge is 2.14. The Morgan fingerprint density at radius 2 is 2.05 bits per heavy atom. The van der Waals surface area contributed by atoms with E-state index in [-0.39, 0.29) is 5.56 Å². The Hall–Kier alpha value is -2.62. The molecule has 0 aliphatic carbocycles. The van der Waals surface area contributed by atoms with E-state index < -0.39 is 11.5 Å². The molecule has 0 aromatic carbocycles. The maximum atomic E-state index is 12.2. The number of nitrogens with zero attached hydrogens (tertiary/aromatic N) is 1. The molecule has 98 valence electrons.